The molecular formula is C20H24N2O4S. The average Bonchev–Trinajstić information content (AvgIpc) is 2.95. The lowest BCUT2D eigenvalue weighted by atomic mass is 10.1. The van der Waals surface area contributed by atoms with E-state index in [1.807, 2.05) is 39.0 Å². The first kappa shape index (κ1) is 19.2. The van der Waals surface area contributed by atoms with Gasteiger partial charge in [-0.1, -0.05) is 6.07 Å². The molecule has 7 heteroatoms. The zero-order valence-electron chi connectivity index (χ0n) is 15.8. The van der Waals surface area contributed by atoms with Crippen molar-refractivity contribution >= 4 is 27.3 Å². The second-order valence-corrected chi connectivity index (χ2v) is 8.84. The van der Waals surface area contributed by atoms with Gasteiger partial charge in [0.1, 0.15) is 5.75 Å². The van der Waals surface area contributed by atoms with Gasteiger partial charge in [-0.15, -0.1) is 0 Å². The van der Waals surface area contributed by atoms with Gasteiger partial charge < -0.3 is 10.1 Å². The molecule has 1 amide bonds. The predicted molar refractivity (Wildman–Crippen MR) is 107 cm³/mol. The smallest absolute Gasteiger partial charge is 0.262 e. The second-order valence-electron chi connectivity index (χ2n) is 6.83. The molecule has 2 aromatic carbocycles. The van der Waals surface area contributed by atoms with E-state index in [1.54, 1.807) is 18.2 Å². The Balaban J connectivity index is 1.63. The molecule has 0 saturated carbocycles. The third-order valence-electron chi connectivity index (χ3n) is 4.70. The van der Waals surface area contributed by atoms with Crippen LogP contribution in [0, 0.1) is 20.8 Å². The van der Waals surface area contributed by atoms with Gasteiger partial charge in [0.2, 0.25) is 10.0 Å². The van der Waals surface area contributed by atoms with E-state index in [9.17, 15) is 13.2 Å². The lowest BCUT2D eigenvalue weighted by Gasteiger charge is -2.20. The largest absolute Gasteiger partial charge is 0.484 e. The van der Waals surface area contributed by atoms with Crippen LogP contribution in [0.25, 0.3) is 0 Å². The third kappa shape index (κ3) is 4.42. The van der Waals surface area contributed by atoms with Crippen molar-refractivity contribution in [3.63, 3.8) is 0 Å². The van der Waals surface area contributed by atoms with Crippen LogP contribution in [0.2, 0.25) is 0 Å². The van der Waals surface area contributed by atoms with E-state index in [0.29, 0.717) is 30.1 Å². The average molecular weight is 388 g/mol. The van der Waals surface area contributed by atoms with Gasteiger partial charge in [0.25, 0.3) is 5.91 Å². The van der Waals surface area contributed by atoms with Gasteiger partial charge in [-0.05, 0) is 74.2 Å². The number of anilines is 2. The second kappa shape index (κ2) is 7.60. The molecular weight excluding hydrogens is 364 g/mol. The number of rotatable bonds is 5. The van der Waals surface area contributed by atoms with Crippen molar-refractivity contribution in [3.8, 4) is 5.75 Å². The maximum Gasteiger partial charge on any atom is 0.262 e. The first-order chi connectivity index (χ1) is 12.8. The molecule has 144 valence electrons. The first-order valence-corrected chi connectivity index (χ1v) is 10.5. The first-order valence-electron chi connectivity index (χ1n) is 8.87. The number of nitrogens with zero attached hydrogens (tertiary/aromatic N) is 1. The van der Waals surface area contributed by atoms with Crippen LogP contribution in [-0.2, 0) is 14.8 Å². The highest BCUT2D eigenvalue weighted by molar-refractivity contribution is 7.93. The molecule has 1 fully saturated rings. The number of benzene rings is 2. The molecule has 6 nitrogen and oxygen atoms in total. The van der Waals surface area contributed by atoms with Crippen LogP contribution in [0.15, 0.2) is 36.4 Å². The molecule has 0 bridgehead atoms. The summed E-state index contributed by atoms with van der Waals surface area (Å²) in [4.78, 5) is 12.2. The fourth-order valence-electron chi connectivity index (χ4n) is 3.07. The number of hydrogen-bond acceptors (Lipinski definition) is 4. The summed E-state index contributed by atoms with van der Waals surface area (Å²) in [5.74, 6) is 0.564. The predicted octanol–water partition coefficient (Wildman–Crippen LogP) is 3.17. The maximum absolute atomic E-state index is 12.2. The molecule has 2 aromatic rings. The minimum Gasteiger partial charge on any atom is -0.484 e. The van der Waals surface area contributed by atoms with Crippen molar-refractivity contribution in [3.05, 3.63) is 53.1 Å². The van der Waals surface area contributed by atoms with Crippen LogP contribution in [0.1, 0.15) is 23.1 Å². The molecule has 0 aliphatic carbocycles. The van der Waals surface area contributed by atoms with Crippen molar-refractivity contribution in [2.45, 2.75) is 27.2 Å². The van der Waals surface area contributed by atoms with Crippen LogP contribution in [0.5, 0.6) is 5.75 Å². The Morgan fingerprint density at radius 1 is 1.07 bits per heavy atom. The van der Waals surface area contributed by atoms with Crippen LogP contribution >= 0.6 is 0 Å². The Morgan fingerprint density at radius 3 is 2.48 bits per heavy atom. The molecule has 1 aliphatic heterocycles. The minimum atomic E-state index is -3.22. The van der Waals surface area contributed by atoms with E-state index in [1.165, 1.54) is 9.87 Å². The highest BCUT2D eigenvalue weighted by Crippen LogP contribution is 2.29. The molecule has 0 atom stereocenters. The molecule has 1 saturated heterocycles. The van der Waals surface area contributed by atoms with E-state index in [-0.39, 0.29) is 18.3 Å². The van der Waals surface area contributed by atoms with Crippen molar-refractivity contribution in [2.24, 2.45) is 0 Å². The zero-order valence-corrected chi connectivity index (χ0v) is 16.6. The highest BCUT2D eigenvalue weighted by atomic mass is 32.2. The van der Waals surface area contributed by atoms with Gasteiger partial charge in [-0.3, -0.25) is 9.10 Å². The number of amides is 1. The van der Waals surface area contributed by atoms with E-state index in [0.717, 1.165) is 11.1 Å². The van der Waals surface area contributed by atoms with Crippen molar-refractivity contribution in [1.82, 2.24) is 0 Å². The van der Waals surface area contributed by atoms with Gasteiger partial charge in [0.05, 0.1) is 11.4 Å². The fourth-order valence-corrected chi connectivity index (χ4v) is 4.70. The molecule has 1 aliphatic rings. The molecule has 0 radical (unpaired) electrons. The number of carbonyl (C=O) groups excluding carboxylic acids is 1. The molecule has 0 unspecified atom stereocenters. The summed E-state index contributed by atoms with van der Waals surface area (Å²) in [6, 6.07) is 10.9. The summed E-state index contributed by atoms with van der Waals surface area (Å²) in [7, 11) is -3.22. The summed E-state index contributed by atoms with van der Waals surface area (Å²) in [5, 5.41) is 2.79. The molecule has 0 spiro atoms. The Hall–Kier alpha value is -2.54. The lowest BCUT2D eigenvalue weighted by Crippen LogP contribution is -2.26. The number of hydrogen-bond donors (Lipinski definition) is 1. The summed E-state index contributed by atoms with van der Waals surface area (Å²) >= 11 is 0. The Kier molecular flexibility index (Phi) is 5.41. The van der Waals surface area contributed by atoms with Crippen molar-refractivity contribution in [2.75, 3.05) is 28.5 Å². The number of sulfonamides is 1. The third-order valence-corrected chi connectivity index (χ3v) is 6.55. The minimum absolute atomic E-state index is 0.0934. The number of carbonyl (C=O) groups is 1. The number of aryl methyl sites for hydroxylation is 3. The van der Waals surface area contributed by atoms with Crippen LogP contribution in [-0.4, -0.2) is 33.2 Å². The van der Waals surface area contributed by atoms with E-state index in [4.69, 9.17) is 4.74 Å². The molecule has 3 rings (SSSR count). The van der Waals surface area contributed by atoms with Crippen LogP contribution < -0.4 is 14.4 Å². The maximum atomic E-state index is 12.2. The number of ether oxygens (including phenoxy) is 1. The Morgan fingerprint density at radius 2 is 1.85 bits per heavy atom. The summed E-state index contributed by atoms with van der Waals surface area (Å²) in [6.07, 6.45) is 0.635. The molecule has 1 heterocycles. The van der Waals surface area contributed by atoms with E-state index < -0.39 is 10.0 Å². The Labute approximate surface area is 160 Å². The van der Waals surface area contributed by atoms with Crippen molar-refractivity contribution < 1.29 is 17.9 Å². The monoisotopic (exact) mass is 388 g/mol. The lowest BCUT2D eigenvalue weighted by molar-refractivity contribution is -0.118. The van der Waals surface area contributed by atoms with Gasteiger partial charge in [-0.2, -0.15) is 0 Å². The Bertz CT molecular complexity index is 970. The quantitative estimate of drug-likeness (QED) is 0.854. The normalized spacial score (nSPS) is 15.6. The standard InChI is InChI=1S/C20H24N2O4S/c1-14-5-7-18(12-15(14)2)26-13-20(23)21-17-6-8-19(16(3)11-17)22-9-4-10-27(22,24)25/h5-8,11-12H,4,9-10,13H2,1-3H3,(H,21,23). The summed E-state index contributed by atoms with van der Waals surface area (Å²) < 4.78 is 31.1. The summed E-state index contributed by atoms with van der Waals surface area (Å²) in [6.45, 7) is 6.26. The van der Waals surface area contributed by atoms with E-state index >= 15 is 0 Å². The SMILES string of the molecule is Cc1ccc(OCC(=O)Nc2ccc(N3CCCS3(=O)=O)c(C)c2)cc1C. The molecule has 0 aromatic heterocycles. The molecule has 27 heavy (non-hydrogen) atoms. The highest BCUT2D eigenvalue weighted by Gasteiger charge is 2.29. The number of nitrogens with one attached hydrogen (secondary N) is 1. The topological polar surface area (TPSA) is 75.7 Å². The van der Waals surface area contributed by atoms with Gasteiger partial charge in [-0.25, -0.2) is 8.42 Å². The van der Waals surface area contributed by atoms with Gasteiger partial charge in [0.15, 0.2) is 6.61 Å². The van der Waals surface area contributed by atoms with Crippen LogP contribution in [0.3, 0.4) is 0 Å². The van der Waals surface area contributed by atoms with Gasteiger partial charge in [0, 0.05) is 12.2 Å². The van der Waals surface area contributed by atoms with E-state index in [2.05, 4.69) is 5.32 Å². The fraction of sp³-hybridized carbons (Fsp3) is 0.350. The zero-order chi connectivity index (χ0) is 19.6. The van der Waals surface area contributed by atoms with Crippen LogP contribution in [0.4, 0.5) is 11.4 Å². The summed E-state index contributed by atoms with van der Waals surface area (Å²) in [5.41, 5.74) is 4.35. The molecule has 1 N–H and O–H groups in total. The van der Waals surface area contributed by atoms with Gasteiger partial charge >= 0.3 is 0 Å². The van der Waals surface area contributed by atoms with Crippen molar-refractivity contribution in [1.29, 1.82) is 0 Å².